The van der Waals surface area contributed by atoms with Gasteiger partial charge in [-0.25, -0.2) is 9.78 Å². The molecule has 5 rings (SSSR count). The van der Waals surface area contributed by atoms with Crippen molar-refractivity contribution < 1.29 is 19.7 Å². The Balaban J connectivity index is 1.43. The topological polar surface area (TPSA) is 129 Å². The van der Waals surface area contributed by atoms with Crippen LogP contribution in [0.1, 0.15) is 25.5 Å². The minimum atomic E-state index is -0.910. The number of benzene rings is 2. The van der Waals surface area contributed by atoms with Crippen molar-refractivity contribution in [2.45, 2.75) is 26.4 Å². The van der Waals surface area contributed by atoms with E-state index in [9.17, 15) is 15.0 Å². The van der Waals surface area contributed by atoms with Crippen LogP contribution in [-0.2, 0) is 6.54 Å². The molecule has 2 aromatic heterocycles. The average Bonchev–Trinajstić information content (AvgIpc) is 3.40. The fourth-order valence-electron chi connectivity index (χ4n) is 4.64. The SMILES string of the molecule is CC(C)n1cnc2c(NCc3ccc(-c4ccccc4)c(OCCO)c3)nc(N3CCN(C(=O)O)CC3)nc21. The number of imidazole rings is 1. The van der Waals surface area contributed by atoms with E-state index in [2.05, 4.69) is 24.1 Å². The maximum absolute atomic E-state index is 11.3. The summed E-state index contributed by atoms with van der Waals surface area (Å²) in [4.78, 5) is 29.0. The number of ether oxygens (including phenoxy) is 1. The first-order valence-electron chi connectivity index (χ1n) is 13.1. The summed E-state index contributed by atoms with van der Waals surface area (Å²) in [5, 5.41) is 22.1. The number of hydrogen-bond acceptors (Lipinski definition) is 8. The Morgan fingerprint density at radius 1 is 1.08 bits per heavy atom. The Labute approximate surface area is 226 Å². The highest BCUT2D eigenvalue weighted by Crippen LogP contribution is 2.32. The molecule has 0 bridgehead atoms. The van der Waals surface area contributed by atoms with Gasteiger partial charge >= 0.3 is 6.09 Å². The largest absolute Gasteiger partial charge is 0.491 e. The van der Waals surface area contributed by atoms with E-state index >= 15 is 0 Å². The minimum Gasteiger partial charge on any atom is -0.491 e. The third-order valence-corrected chi connectivity index (χ3v) is 6.74. The molecule has 0 saturated carbocycles. The van der Waals surface area contributed by atoms with E-state index in [0.717, 1.165) is 22.3 Å². The highest BCUT2D eigenvalue weighted by Gasteiger charge is 2.24. The van der Waals surface area contributed by atoms with Gasteiger partial charge in [0.2, 0.25) is 5.95 Å². The van der Waals surface area contributed by atoms with Gasteiger partial charge in [-0.05, 0) is 31.0 Å². The summed E-state index contributed by atoms with van der Waals surface area (Å²) in [5.74, 6) is 1.85. The number of nitrogens with one attached hydrogen (secondary N) is 1. The molecular weight excluding hydrogens is 498 g/mol. The number of carboxylic acid groups (broad SMARTS) is 1. The zero-order chi connectivity index (χ0) is 27.4. The number of carbonyl (C=O) groups is 1. The van der Waals surface area contributed by atoms with Crippen LogP contribution >= 0.6 is 0 Å². The van der Waals surface area contributed by atoms with Crippen LogP contribution < -0.4 is 15.0 Å². The van der Waals surface area contributed by atoms with Crippen LogP contribution in [0.25, 0.3) is 22.3 Å². The molecule has 11 nitrogen and oxygen atoms in total. The maximum Gasteiger partial charge on any atom is 0.407 e. The number of anilines is 2. The Bertz CT molecular complexity index is 1430. The van der Waals surface area contributed by atoms with E-state index in [1.54, 1.807) is 6.33 Å². The molecule has 1 amide bonds. The quantitative estimate of drug-likeness (QED) is 0.295. The van der Waals surface area contributed by atoms with Crippen molar-refractivity contribution >= 4 is 29.0 Å². The number of nitrogens with zero attached hydrogens (tertiary/aromatic N) is 6. The van der Waals surface area contributed by atoms with Crippen molar-refractivity contribution in [1.29, 1.82) is 0 Å². The molecule has 1 aliphatic rings. The molecule has 0 aliphatic carbocycles. The zero-order valence-corrected chi connectivity index (χ0v) is 22.1. The van der Waals surface area contributed by atoms with Crippen LogP contribution in [-0.4, -0.2) is 80.1 Å². The molecule has 0 spiro atoms. The van der Waals surface area contributed by atoms with E-state index < -0.39 is 6.09 Å². The highest BCUT2D eigenvalue weighted by molar-refractivity contribution is 5.84. The van der Waals surface area contributed by atoms with Crippen molar-refractivity contribution in [2.24, 2.45) is 0 Å². The number of fused-ring (bicyclic) bond motifs is 1. The predicted molar refractivity (Wildman–Crippen MR) is 149 cm³/mol. The lowest BCUT2D eigenvalue weighted by Crippen LogP contribution is -2.48. The van der Waals surface area contributed by atoms with Crippen molar-refractivity contribution in [3.05, 3.63) is 60.4 Å². The van der Waals surface area contributed by atoms with Gasteiger partial charge in [-0.15, -0.1) is 0 Å². The summed E-state index contributed by atoms with van der Waals surface area (Å²) >= 11 is 0. The second-order valence-corrected chi connectivity index (χ2v) is 9.67. The van der Waals surface area contributed by atoms with Crippen molar-refractivity contribution in [2.75, 3.05) is 49.6 Å². The van der Waals surface area contributed by atoms with Gasteiger partial charge in [-0.2, -0.15) is 9.97 Å². The van der Waals surface area contributed by atoms with Crippen LogP contribution in [0.5, 0.6) is 5.75 Å². The molecule has 0 radical (unpaired) electrons. The van der Waals surface area contributed by atoms with Gasteiger partial charge in [0.1, 0.15) is 12.4 Å². The second kappa shape index (κ2) is 11.6. The molecule has 11 heteroatoms. The summed E-state index contributed by atoms with van der Waals surface area (Å²) in [7, 11) is 0. The van der Waals surface area contributed by atoms with Crippen molar-refractivity contribution in [3.63, 3.8) is 0 Å². The molecule has 3 heterocycles. The van der Waals surface area contributed by atoms with Gasteiger partial charge in [0.25, 0.3) is 0 Å². The number of aromatic nitrogens is 4. The molecule has 39 heavy (non-hydrogen) atoms. The summed E-state index contributed by atoms with van der Waals surface area (Å²) < 4.78 is 7.89. The van der Waals surface area contributed by atoms with Crippen LogP contribution in [0, 0.1) is 0 Å². The fourth-order valence-corrected chi connectivity index (χ4v) is 4.64. The molecule has 2 aromatic carbocycles. The van der Waals surface area contributed by atoms with E-state index in [1.165, 1.54) is 4.90 Å². The Morgan fingerprint density at radius 2 is 1.85 bits per heavy atom. The third-order valence-electron chi connectivity index (χ3n) is 6.74. The van der Waals surface area contributed by atoms with Crippen molar-refractivity contribution in [3.8, 4) is 16.9 Å². The smallest absolute Gasteiger partial charge is 0.407 e. The summed E-state index contributed by atoms with van der Waals surface area (Å²) in [6.07, 6.45) is 0.864. The molecule has 1 saturated heterocycles. The monoisotopic (exact) mass is 531 g/mol. The summed E-state index contributed by atoms with van der Waals surface area (Å²) in [6.45, 7) is 6.57. The van der Waals surface area contributed by atoms with Gasteiger partial charge in [0.15, 0.2) is 17.0 Å². The zero-order valence-electron chi connectivity index (χ0n) is 22.1. The molecular formula is C28H33N7O4. The Kier molecular flexibility index (Phi) is 7.78. The van der Waals surface area contributed by atoms with Crippen LogP contribution in [0.2, 0.25) is 0 Å². The first-order chi connectivity index (χ1) is 18.9. The minimum absolute atomic E-state index is 0.0718. The van der Waals surface area contributed by atoms with Crippen LogP contribution in [0.3, 0.4) is 0 Å². The van der Waals surface area contributed by atoms with Gasteiger partial charge < -0.3 is 34.6 Å². The van der Waals surface area contributed by atoms with E-state index in [-0.39, 0.29) is 19.3 Å². The Morgan fingerprint density at radius 3 is 2.54 bits per heavy atom. The normalized spacial score (nSPS) is 13.7. The molecule has 204 valence electrons. The number of amides is 1. The standard InChI is InChI=1S/C28H33N7O4/c1-19(2)35-18-30-24-25(31-27(32-26(24)35)33-10-12-34(13-11-33)28(37)38)29-17-20-8-9-22(21-6-4-3-5-7-21)23(16-20)39-15-14-36/h3-9,16,18-19,36H,10-15,17H2,1-2H3,(H,37,38)(H,29,31,32). The van der Waals surface area contributed by atoms with Gasteiger partial charge in [0, 0.05) is 44.3 Å². The molecule has 1 aliphatic heterocycles. The lowest BCUT2D eigenvalue weighted by molar-refractivity contribution is 0.142. The van der Waals surface area contributed by atoms with E-state index in [1.807, 2.05) is 58.0 Å². The van der Waals surface area contributed by atoms with Gasteiger partial charge in [-0.3, -0.25) is 0 Å². The average molecular weight is 532 g/mol. The first-order valence-corrected chi connectivity index (χ1v) is 13.1. The van der Waals surface area contributed by atoms with Crippen molar-refractivity contribution in [1.82, 2.24) is 24.4 Å². The Hall–Kier alpha value is -4.38. The lowest BCUT2D eigenvalue weighted by Gasteiger charge is -2.33. The molecule has 0 unspecified atom stereocenters. The summed E-state index contributed by atoms with van der Waals surface area (Å²) in [6, 6.07) is 16.2. The number of rotatable bonds is 9. The molecule has 3 N–H and O–H groups in total. The second-order valence-electron chi connectivity index (χ2n) is 9.67. The number of piperazine rings is 1. The first kappa shape index (κ1) is 26.2. The molecule has 0 atom stereocenters. The van der Waals surface area contributed by atoms with Gasteiger partial charge in [0.05, 0.1) is 12.9 Å². The number of hydrogen-bond donors (Lipinski definition) is 3. The predicted octanol–water partition coefficient (Wildman–Crippen LogP) is 3.86. The maximum atomic E-state index is 11.3. The van der Waals surface area contributed by atoms with Gasteiger partial charge in [-0.1, -0.05) is 42.5 Å². The summed E-state index contributed by atoms with van der Waals surface area (Å²) in [5.41, 5.74) is 4.37. The molecule has 1 fully saturated rings. The third kappa shape index (κ3) is 5.73. The number of aliphatic hydroxyl groups excluding tert-OH is 1. The van der Waals surface area contributed by atoms with Crippen LogP contribution in [0.15, 0.2) is 54.9 Å². The fraction of sp³-hybridized carbons (Fsp3) is 0.357. The van der Waals surface area contributed by atoms with Crippen LogP contribution in [0.4, 0.5) is 16.6 Å². The highest BCUT2D eigenvalue weighted by atomic mass is 16.5. The van der Waals surface area contributed by atoms with E-state index in [4.69, 9.17) is 14.7 Å². The lowest BCUT2D eigenvalue weighted by atomic mass is 10.0. The molecule has 4 aromatic rings. The number of aliphatic hydroxyl groups is 1. The van der Waals surface area contributed by atoms with E-state index in [0.29, 0.717) is 55.8 Å².